The Bertz CT molecular complexity index is 1140. The molecule has 35 heavy (non-hydrogen) atoms. The highest BCUT2D eigenvalue weighted by Crippen LogP contribution is 2.34. The van der Waals surface area contributed by atoms with Crippen LogP contribution in [0.3, 0.4) is 0 Å². The van der Waals surface area contributed by atoms with Crippen molar-refractivity contribution in [3.05, 3.63) is 59.7 Å². The highest BCUT2D eigenvalue weighted by atomic mass is 32.2. The van der Waals surface area contributed by atoms with Gasteiger partial charge in [0.05, 0.1) is 10.5 Å². The quantitative estimate of drug-likeness (QED) is 0.535. The van der Waals surface area contributed by atoms with Crippen LogP contribution in [0.15, 0.2) is 53.4 Å². The number of hydrogen-bond acceptors (Lipinski definition) is 4. The van der Waals surface area contributed by atoms with E-state index >= 15 is 0 Å². The molecule has 1 aliphatic rings. The predicted octanol–water partition coefficient (Wildman–Crippen LogP) is 4.13. The smallest absolute Gasteiger partial charge is 0.368 e. The summed E-state index contributed by atoms with van der Waals surface area (Å²) in [4.78, 5) is 14.5. The minimum absolute atomic E-state index is 0.00177. The maximum absolute atomic E-state index is 13.3. The standard InChI is InChI=1S/C22H23F6N3O3S/c1-16(32)29-10-12-30(13-11-29)18-6-8-19(9-7-18)35(33,34)31(15-21(23,24)25)14-17-4-2-3-5-20(17)22(26,27)28/h2-9H,10-15H2,1H3. The molecule has 0 spiro atoms. The second-order valence-corrected chi connectivity index (χ2v) is 9.97. The van der Waals surface area contributed by atoms with Crippen LogP contribution in [0.4, 0.5) is 32.0 Å². The van der Waals surface area contributed by atoms with Crippen molar-refractivity contribution in [3.63, 3.8) is 0 Å². The highest BCUT2D eigenvalue weighted by Gasteiger charge is 2.39. The number of carbonyl (C=O) groups excluding carboxylic acids is 1. The molecule has 0 aromatic heterocycles. The van der Waals surface area contributed by atoms with Crippen LogP contribution in [-0.4, -0.2) is 62.4 Å². The van der Waals surface area contributed by atoms with E-state index in [0.29, 0.717) is 37.9 Å². The number of sulfonamides is 1. The van der Waals surface area contributed by atoms with Gasteiger partial charge < -0.3 is 9.80 Å². The molecule has 0 N–H and O–H groups in total. The van der Waals surface area contributed by atoms with Gasteiger partial charge in [-0.15, -0.1) is 0 Å². The fourth-order valence-electron chi connectivity index (χ4n) is 3.81. The van der Waals surface area contributed by atoms with Crippen molar-refractivity contribution in [2.24, 2.45) is 0 Å². The van der Waals surface area contributed by atoms with Crippen molar-refractivity contribution in [2.45, 2.75) is 30.7 Å². The summed E-state index contributed by atoms with van der Waals surface area (Å²) in [6.45, 7) is 0.304. The lowest BCUT2D eigenvalue weighted by atomic mass is 10.1. The van der Waals surface area contributed by atoms with E-state index in [4.69, 9.17) is 0 Å². The van der Waals surface area contributed by atoms with Crippen LogP contribution >= 0.6 is 0 Å². The Morgan fingerprint density at radius 1 is 0.914 bits per heavy atom. The van der Waals surface area contributed by atoms with E-state index < -0.39 is 51.5 Å². The molecule has 13 heteroatoms. The van der Waals surface area contributed by atoms with Gasteiger partial charge in [0.1, 0.15) is 6.54 Å². The molecule has 1 saturated heterocycles. The van der Waals surface area contributed by atoms with Crippen molar-refractivity contribution >= 4 is 21.6 Å². The minimum atomic E-state index is -4.98. The first kappa shape index (κ1) is 26.8. The number of benzene rings is 2. The van der Waals surface area contributed by atoms with Crippen LogP contribution in [0, 0.1) is 0 Å². The summed E-state index contributed by atoms with van der Waals surface area (Å²) in [6, 6.07) is 9.01. The molecule has 192 valence electrons. The Hall–Kier alpha value is -2.80. The van der Waals surface area contributed by atoms with Gasteiger partial charge in [0.15, 0.2) is 0 Å². The summed E-state index contributed by atoms with van der Waals surface area (Å²) in [5.74, 6) is -0.0667. The fourth-order valence-corrected chi connectivity index (χ4v) is 5.21. The first-order chi connectivity index (χ1) is 16.2. The number of carbonyl (C=O) groups is 1. The molecule has 1 amide bonds. The van der Waals surface area contributed by atoms with Crippen LogP contribution in [0.25, 0.3) is 0 Å². The van der Waals surface area contributed by atoms with Crippen molar-refractivity contribution in [2.75, 3.05) is 37.6 Å². The lowest BCUT2D eigenvalue weighted by Crippen LogP contribution is -2.48. The van der Waals surface area contributed by atoms with Gasteiger partial charge in [-0.25, -0.2) is 8.42 Å². The topological polar surface area (TPSA) is 60.9 Å². The zero-order valence-corrected chi connectivity index (χ0v) is 19.4. The average Bonchev–Trinajstić information content (AvgIpc) is 2.77. The molecule has 1 aliphatic heterocycles. The Morgan fingerprint density at radius 3 is 2.00 bits per heavy atom. The Balaban J connectivity index is 1.87. The van der Waals surface area contributed by atoms with E-state index in [1.165, 1.54) is 25.1 Å². The molecule has 2 aromatic rings. The van der Waals surface area contributed by atoms with Crippen molar-refractivity contribution in [1.29, 1.82) is 0 Å². The zero-order chi connectivity index (χ0) is 26.0. The molecule has 0 saturated carbocycles. The van der Waals surface area contributed by atoms with E-state index in [1.54, 1.807) is 4.90 Å². The number of nitrogens with zero attached hydrogens (tertiary/aromatic N) is 3. The van der Waals surface area contributed by atoms with Crippen LogP contribution in [0.5, 0.6) is 0 Å². The van der Waals surface area contributed by atoms with Crippen LogP contribution in [0.1, 0.15) is 18.1 Å². The number of amides is 1. The van der Waals surface area contributed by atoms with Crippen LogP contribution in [0.2, 0.25) is 0 Å². The van der Waals surface area contributed by atoms with Gasteiger partial charge in [0, 0.05) is 45.3 Å². The monoisotopic (exact) mass is 523 g/mol. The van der Waals surface area contributed by atoms with Gasteiger partial charge in [-0.05, 0) is 35.9 Å². The maximum atomic E-state index is 13.3. The number of alkyl halides is 6. The number of anilines is 1. The number of rotatable bonds is 6. The third-order valence-corrected chi connectivity index (χ3v) is 7.40. The first-order valence-electron chi connectivity index (χ1n) is 10.5. The maximum Gasteiger partial charge on any atom is 0.416 e. The second-order valence-electron chi connectivity index (χ2n) is 8.03. The predicted molar refractivity (Wildman–Crippen MR) is 116 cm³/mol. The second kappa shape index (κ2) is 10.1. The highest BCUT2D eigenvalue weighted by molar-refractivity contribution is 7.89. The Labute approximate surface area is 198 Å². The third kappa shape index (κ3) is 6.66. The third-order valence-electron chi connectivity index (χ3n) is 5.59. The molecule has 0 unspecified atom stereocenters. The molecule has 6 nitrogen and oxygen atoms in total. The molecular formula is C22H23F6N3O3S. The van der Waals surface area contributed by atoms with Crippen LogP contribution < -0.4 is 4.90 Å². The van der Waals surface area contributed by atoms with Crippen molar-refractivity contribution in [1.82, 2.24) is 9.21 Å². The minimum Gasteiger partial charge on any atom is -0.368 e. The van der Waals surface area contributed by atoms with E-state index in [1.807, 2.05) is 4.90 Å². The van der Waals surface area contributed by atoms with Gasteiger partial charge in [0.25, 0.3) is 0 Å². The Kier molecular flexibility index (Phi) is 7.70. The largest absolute Gasteiger partial charge is 0.416 e. The van der Waals surface area contributed by atoms with E-state index in [9.17, 15) is 39.6 Å². The zero-order valence-electron chi connectivity index (χ0n) is 18.6. The summed E-state index contributed by atoms with van der Waals surface area (Å²) >= 11 is 0. The summed E-state index contributed by atoms with van der Waals surface area (Å²) in [6.07, 6.45) is -9.84. The summed E-state index contributed by atoms with van der Waals surface area (Å²) in [5.41, 5.74) is -1.19. The van der Waals surface area contributed by atoms with Gasteiger partial charge >= 0.3 is 12.4 Å². The molecule has 1 fully saturated rings. The van der Waals surface area contributed by atoms with Crippen LogP contribution in [-0.2, 0) is 27.5 Å². The normalized spacial score (nSPS) is 15.5. The molecule has 0 bridgehead atoms. The number of hydrogen-bond donors (Lipinski definition) is 0. The molecule has 0 aliphatic carbocycles. The fraction of sp³-hybridized carbons (Fsp3) is 0.409. The molecular weight excluding hydrogens is 500 g/mol. The average molecular weight is 523 g/mol. The summed E-state index contributed by atoms with van der Waals surface area (Å²) in [7, 11) is -4.79. The van der Waals surface area contributed by atoms with E-state index in [0.717, 1.165) is 24.3 Å². The van der Waals surface area contributed by atoms with Crippen molar-refractivity contribution in [3.8, 4) is 0 Å². The van der Waals surface area contributed by atoms with E-state index in [-0.39, 0.29) is 10.2 Å². The lowest BCUT2D eigenvalue weighted by Gasteiger charge is -2.35. The lowest BCUT2D eigenvalue weighted by molar-refractivity contribution is -0.140. The molecule has 2 aromatic carbocycles. The molecule has 1 heterocycles. The van der Waals surface area contributed by atoms with Crippen molar-refractivity contribution < 1.29 is 39.6 Å². The molecule has 3 rings (SSSR count). The Morgan fingerprint density at radius 2 is 1.49 bits per heavy atom. The van der Waals surface area contributed by atoms with Gasteiger partial charge in [-0.2, -0.15) is 30.6 Å². The van der Waals surface area contributed by atoms with Gasteiger partial charge in [-0.3, -0.25) is 4.79 Å². The summed E-state index contributed by atoms with van der Waals surface area (Å²) in [5, 5.41) is 0. The SMILES string of the molecule is CC(=O)N1CCN(c2ccc(S(=O)(=O)N(Cc3ccccc3C(F)(F)F)CC(F)(F)F)cc2)CC1. The number of halogens is 6. The summed E-state index contributed by atoms with van der Waals surface area (Å²) < 4.78 is 106. The molecule has 0 atom stereocenters. The van der Waals surface area contributed by atoms with Gasteiger partial charge in [0.2, 0.25) is 15.9 Å². The van der Waals surface area contributed by atoms with E-state index in [2.05, 4.69) is 0 Å². The first-order valence-corrected chi connectivity index (χ1v) is 11.9. The molecule has 0 radical (unpaired) electrons. The number of piperazine rings is 1. The van der Waals surface area contributed by atoms with Gasteiger partial charge in [-0.1, -0.05) is 18.2 Å².